The molecule has 0 spiro atoms. The molecular formula is C22H21N3O2. The Morgan fingerprint density at radius 2 is 1.26 bits per heavy atom. The van der Waals surface area contributed by atoms with Crippen LogP contribution in [-0.4, -0.2) is 37.1 Å². The summed E-state index contributed by atoms with van der Waals surface area (Å²) in [5, 5.41) is 9.63. The summed E-state index contributed by atoms with van der Waals surface area (Å²) in [5.74, 6) is 0.196. The van der Waals surface area contributed by atoms with Crippen LogP contribution in [0, 0.1) is 17.2 Å². The van der Waals surface area contributed by atoms with Gasteiger partial charge < -0.3 is 9.47 Å². The summed E-state index contributed by atoms with van der Waals surface area (Å²) in [6, 6.07) is 22.7. The van der Waals surface area contributed by atoms with Gasteiger partial charge in [0.05, 0.1) is 18.2 Å². The first-order valence-corrected chi connectivity index (χ1v) is 9.20. The Bertz CT molecular complexity index is 804. The first kappa shape index (κ1) is 17.3. The third kappa shape index (κ3) is 4.17. The van der Waals surface area contributed by atoms with Gasteiger partial charge in [-0.05, 0) is 24.0 Å². The van der Waals surface area contributed by atoms with Crippen molar-refractivity contribution < 1.29 is 9.47 Å². The Hall–Kier alpha value is -3.13. The fourth-order valence-corrected chi connectivity index (χ4v) is 3.39. The Morgan fingerprint density at radius 3 is 1.67 bits per heavy atom. The fourth-order valence-electron chi connectivity index (χ4n) is 3.39. The van der Waals surface area contributed by atoms with Crippen LogP contribution >= 0.6 is 0 Å². The van der Waals surface area contributed by atoms with E-state index in [0.717, 1.165) is 12.8 Å². The lowest BCUT2D eigenvalue weighted by atomic mass is 10.1. The van der Waals surface area contributed by atoms with E-state index in [4.69, 9.17) is 9.47 Å². The van der Waals surface area contributed by atoms with E-state index in [2.05, 4.69) is 40.3 Å². The second-order valence-electron chi connectivity index (χ2n) is 6.81. The van der Waals surface area contributed by atoms with Gasteiger partial charge in [-0.15, -0.1) is 0 Å². The Balaban J connectivity index is 1.42. The number of ether oxygens (including phenoxy) is 2. The average Bonchev–Trinajstić information content (AvgIpc) is 3.35. The third-order valence-electron chi connectivity index (χ3n) is 4.72. The largest absolute Gasteiger partial charge is 0.477 e. The zero-order chi connectivity index (χ0) is 18.5. The second kappa shape index (κ2) is 8.05. The predicted octanol–water partition coefficient (Wildman–Crippen LogP) is 3.21. The summed E-state index contributed by atoms with van der Waals surface area (Å²) in [4.78, 5) is 9.24. The summed E-state index contributed by atoms with van der Waals surface area (Å²) >= 11 is 0. The summed E-state index contributed by atoms with van der Waals surface area (Å²) in [7, 11) is 0. The van der Waals surface area contributed by atoms with E-state index in [0.29, 0.717) is 25.0 Å². The minimum Gasteiger partial charge on any atom is -0.477 e. The van der Waals surface area contributed by atoms with Crippen molar-refractivity contribution in [2.75, 3.05) is 13.2 Å². The van der Waals surface area contributed by atoms with E-state index in [9.17, 15) is 5.26 Å². The van der Waals surface area contributed by atoms with Crippen molar-refractivity contribution in [1.82, 2.24) is 0 Å². The van der Waals surface area contributed by atoms with Crippen LogP contribution in [0.15, 0.2) is 70.6 Å². The summed E-state index contributed by atoms with van der Waals surface area (Å²) in [6.07, 6.45) is 1.60. The maximum absolute atomic E-state index is 9.63. The van der Waals surface area contributed by atoms with Crippen molar-refractivity contribution >= 4 is 11.8 Å². The van der Waals surface area contributed by atoms with Gasteiger partial charge in [-0.1, -0.05) is 60.7 Å². The van der Waals surface area contributed by atoms with Crippen LogP contribution in [0.25, 0.3) is 0 Å². The molecule has 136 valence electrons. The maximum Gasteiger partial charge on any atom is 0.211 e. The van der Waals surface area contributed by atoms with E-state index >= 15 is 0 Å². The van der Waals surface area contributed by atoms with Gasteiger partial charge in [0.2, 0.25) is 11.8 Å². The lowest BCUT2D eigenvalue weighted by Crippen LogP contribution is -2.23. The Labute approximate surface area is 159 Å². The molecule has 2 atom stereocenters. The molecule has 27 heavy (non-hydrogen) atoms. The number of hydrogen-bond acceptors (Lipinski definition) is 5. The monoisotopic (exact) mass is 359 g/mol. The molecule has 0 amide bonds. The average molecular weight is 359 g/mol. The van der Waals surface area contributed by atoms with E-state index < -0.39 is 5.92 Å². The van der Waals surface area contributed by atoms with Crippen molar-refractivity contribution in [3.63, 3.8) is 0 Å². The molecule has 2 aliphatic rings. The molecule has 2 aromatic carbocycles. The summed E-state index contributed by atoms with van der Waals surface area (Å²) in [6.45, 7) is 0.978. The molecule has 0 aromatic heterocycles. The summed E-state index contributed by atoms with van der Waals surface area (Å²) < 4.78 is 11.4. The molecule has 0 aliphatic carbocycles. The number of hydrogen-bond donors (Lipinski definition) is 0. The number of nitrogens with zero attached hydrogens (tertiary/aromatic N) is 3. The van der Waals surface area contributed by atoms with Crippen LogP contribution in [0.5, 0.6) is 0 Å². The maximum atomic E-state index is 9.63. The molecule has 0 saturated heterocycles. The zero-order valence-electron chi connectivity index (χ0n) is 15.0. The standard InChI is InChI=1S/C22H21N3O2/c23-13-20(21-24-18(14-26-21)11-16-7-3-1-4-8-16)22-25-19(15-27-22)12-17-9-5-2-6-10-17/h1-10,18-20H,11-12,14-15H2/t18-,19-/m1/s1. The first-order chi connectivity index (χ1) is 13.3. The van der Waals surface area contributed by atoms with Crippen molar-refractivity contribution in [2.24, 2.45) is 15.9 Å². The molecule has 4 rings (SSSR count). The normalized spacial score (nSPS) is 21.2. The first-order valence-electron chi connectivity index (χ1n) is 9.20. The molecule has 2 aliphatic heterocycles. The quantitative estimate of drug-likeness (QED) is 0.795. The zero-order valence-corrected chi connectivity index (χ0v) is 15.0. The molecule has 0 unspecified atom stereocenters. The van der Waals surface area contributed by atoms with E-state index in [1.54, 1.807) is 0 Å². The van der Waals surface area contributed by atoms with Crippen molar-refractivity contribution in [1.29, 1.82) is 5.26 Å². The molecule has 0 N–H and O–H groups in total. The van der Waals surface area contributed by atoms with Gasteiger partial charge in [-0.2, -0.15) is 5.26 Å². The van der Waals surface area contributed by atoms with Crippen LogP contribution in [-0.2, 0) is 22.3 Å². The van der Waals surface area contributed by atoms with Crippen LogP contribution < -0.4 is 0 Å². The minimum atomic E-state index is -0.661. The van der Waals surface area contributed by atoms with Crippen molar-refractivity contribution in [3.8, 4) is 6.07 Å². The highest BCUT2D eigenvalue weighted by Crippen LogP contribution is 2.21. The van der Waals surface area contributed by atoms with Gasteiger partial charge in [0.15, 0.2) is 5.92 Å². The molecule has 0 fully saturated rings. The SMILES string of the molecule is N#CC(C1=N[C@H](Cc2ccccc2)CO1)C1=N[C@H](Cc2ccccc2)CO1. The lowest BCUT2D eigenvalue weighted by Gasteiger charge is -2.07. The number of benzene rings is 2. The van der Waals surface area contributed by atoms with Gasteiger partial charge in [0, 0.05) is 0 Å². The fraction of sp³-hybridized carbons (Fsp3) is 0.318. The lowest BCUT2D eigenvalue weighted by molar-refractivity contribution is 0.290. The van der Waals surface area contributed by atoms with Gasteiger partial charge >= 0.3 is 0 Å². The highest BCUT2D eigenvalue weighted by Gasteiger charge is 2.34. The van der Waals surface area contributed by atoms with E-state index in [1.165, 1.54) is 11.1 Å². The molecule has 2 aromatic rings. The molecule has 2 heterocycles. The molecular weight excluding hydrogens is 338 g/mol. The minimum absolute atomic E-state index is 0.0281. The van der Waals surface area contributed by atoms with Crippen molar-refractivity contribution in [3.05, 3.63) is 71.8 Å². The summed E-state index contributed by atoms with van der Waals surface area (Å²) in [5.41, 5.74) is 2.42. The number of nitriles is 1. The highest BCUT2D eigenvalue weighted by atomic mass is 16.5. The molecule has 0 saturated carbocycles. The second-order valence-corrected chi connectivity index (χ2v) is 6.81. The number of rotatable bonds is 6. The van der Waals surface area contributed by atoms with E-state index in [-0.39, 0.29) is 12.1 Å². The van der Waals surface area contributed by atoms with Gasteiger partial charge in [0.25, 0.3) is 0 Å². The Kier molecular flexibility index (Phi) is 5.15. The van der Waals surface area contributed by atoms with Crippen LogP contribution in [0.3, 0.4) is 0 Å². The van der Waals surface area contributed by atoms with Gasteiger partial charge in [-0.3, -0.25) is 0 Å². The Morgan fingerprint density at radius 1 is 0.815 bits per heavy atom. The predicted molar refractivity (Wildman–Crippen MR) is 104 cm³/mol. The van der Waals surface area contributed by atoms with Crippen molar-refractivity contribution in [2.45, 2.75) is 24.9 Å². The molecule has 0 radical (unpaired) electrons. The third-order valence-corrected chi connectivity index (χ3v) is 4.72. The van der Waals surface area contributed by atoms with Crippen LogP contribution in [0.2, 0.25) is 0 Å². The van der Waals surface area contributed by atoms with Gasteiger partial charge in [-0.25, -0.2) is 9.98 Å². The van der Waals surface area contributed by atoms with Crippen LogP contribution in [0.4, 0.5) is 0 Å². The molecule has 5 heteroatoms. The smallest absolute Gasteiger partial charge is 0.211 e. The molecule has 5 nitrogen and oxygen atoms in total. The number of aliphatic imine (C=N–C) groups is 2. The molecule has 0 bridgehead atoms. The van der Waals surface area contributed by atoms with E-state index in [1.807, 2.05) is 36.4 Å². The van der Waals surface area contributed by atoms with Gasteiger partial charge in [0.1, 0.15) is 13.2 Å². The topological polar surface area (TPSA) is 67.0 Å². The highest BCUT2D eigenvalue weighted by molar-refractivity contribution is 6.04. The van der Waals surface area contributed by atoms with Crippen LogP contribution in [0.1, 0.15) is 11.1 Å².